The van der Waals surface area contributed by atoms with Crippen LogP contribution in [-0.2, 0) is 14.3 Å². The standard InChI is InChI=1S/C15H21N3O4/c1-11(15(20)18-5-7-21-8-6-18)17-12-3-2-4-13(9-12)22-10-14(16)19/h2-4,9,11,17H,5-8,10H2,1H3,(H2,16,19). The number of hydrogen-bond donors (Lipinski definition) is 2. The van der Waals surface area contributed by atoms with E-state index in [-0.39, 0.29) is 18.6 Å². The Morgan fingerprint density at radius 3 is 2.82 bits per heavy atom. The van der Waals surface area contributed by atoms with Crippen LogP contribution in [0.15, 0.2) is 24.3 Å². The van der Waals surface area contributed by atoms with Gasteiger partial charge in [0.15, 0.2) is 6.61 Å². The van der Waals surface area contributed by atoms with Crippen LogP contribution in [0.1, 0.15) is 6.92 Å². The Bertz CT molecular complexity index is 529. The first kappa shape index (κ1) is 16.1. The molecule has 1 aliphatic rings. The van der Waals surface area contributed by atoms with Crippen molar-refractivity contribution in [2.24, 2.45) is 5.73 Å². The Kier molecular flexibility index (Phi) is 5.60. The second-order valence-electron chi connectivity index (χ2n) is 5.09. The van der Waals surface area contributed by atoms with Gasteiger partial charge in [-0.3, -0.25) is 9.59 Å². The van der Waals surface area contributed by atoms with E-state index in [1.54, 1.807) is 23.1 Å². The van der Waals surface area contributed by atoms with Gasteiger partial charge in [-0.25, -0.2) is 0 Å². The van der Waals surface area contributed by atoms with Crippen molar-refractivity contribution in [1.29, 1.82) is 0 Å². The van der Waals surface area contributed by atoms with Gasteiger partial charge in [-0.2, -0.15) is 0 Å². The molecule has 22 heavy (non-hydrogen) atoms. The second kappa shape index (κ2) is 7.65. The summed E-state index contributed by atoms with van der Waals surface area (Å²) in [6.07, 6.45) is 0. The lowest BCUT2D eigenvalue weighted by molar-refractivity contribution is -0.135. The zero-order valence-corrected chi connectivity index (χ0v) is 12.6. The number of nitrogens with one attached hydrogen (secondary N) is 1. The van der Waals surface area contributed by atoms with Gasteiger partial charge in [0.2, 0.25) is 5.91 Å². The number of primary amides is 1. The molecule has 2 rings (SSSR count). The molecule has 0 aromatic heterocycles. The van der Waals surface area contributed by atoms with E-state index in [0.29, 0.717) is 32.1 Å². The zero-order valence-electron chi connectivity index (χ0n) is 12.6. The lowest BCUT2D eigenvalue weighted by Gasteiger charge is -2.29. The number of ether oxygens (including phenoxy) is 2. The number of carbonyl (C=O) groups is 2. The third kappa shape index (κ3) is 4.63. The zero-order chi connectivity index (χ0) is 15.9. The highest BCUT2D eigenvalue weighted by Crippen LogP contribution is 2.18. The molecule has 7 heteroatoms. The van der Waals surface area contributed by atoms with E-state index >= 15 is 0 Å². The van der Waals surface area contributed by atoms with Gasteiger partial charge in [0.1, 0.15) is 11.8 Å². The number of hydrogen-bond acceptors (Lipinski definition) is 5. The first-order chi connectivity index (χ1) is 10.6. The predicted molar refractivity (Wildman–Crippen MR) is 81.6 cm³/mol. The number of carbonyl (C=O) groups excluding carboxylic acids is 2. The number of rotatable bonds is 6. The second-order valence-corrected chi connectivity index (χ2v) is 5.09. The molecule has 7 nitrogen and oxygen atoms in total. The summed E-state index contributed by atoms with van der Waals surface area (Å²) in [7, 11) is 0. The van der Waals surface area contributed by atoms with Crippen molar-refractivity contribution in [2.45, 2.75) is 13.0 Å². The fourth-order valence-corrected chi connectivity index (χ4v) is 2.20. The van der Waals surface area contributed by atoms with Crippen molar-refractivity contribution in [3.63, 3.8) is 0 Å². The van der Waals surface area contributed by atoms with E-state index in [1.807, 2.05) is 13.0 Å². The molecule has 0 spiro atoms. The summed E-state index contributed by atoms with van der Waals surface area (Å²) in [5.74, 6) is 0.0239. The predicted octanol–water partition coefficient (Wildman–Crippen LogP) is 0.210. The average molecular weight is 307 g/mol. The van der Waals surface area contributed by atoms with Crippen LogP contribution in [-0.4, -0.2) is 55.7 Å². The first-order valence-electron chi connectivity index (χ1n) is 7.20. The molecular formula is C15H21N3O4. The molecule has 1 aliphatic heterocycles. The maximum absolute atomic E-state index is 12.3. The highest BCUT2D eigenvalue weighted by molar-refractivity contribution is 5.84. The molecule has 1 aromatic carbocycles. The highest BCUT2D eigenvalue weighted by atomic mass is 16.5. The molecule has 1 heterocycles. The first-order valence-corrected chi connectivity index (χ1v) is 7.20. The summed E-state index contributed by atoms with van der Waals surface area (Å²) in [5.41, 5.74) is 5.79. The van der Waals surface area contributed by atoms with Gasteiger partial charge in [0.25, 0.3) is 5.91 Å². The van der Waals surface area contributed by atoms with Crippen molar-refractivity contribution in [1.82, 2.24) is 4.90 Å². The van der Waals surface area contributed by atoms with Crippen LogP contribution in [0.4, 0.5) is 5.69 Å². The van der Waals surface area contributed by atoms with Crippen LogP contribution in [0.5, 0.6) is 5.75 Å². The molecule has 0 bridgehead atoms. The number of anilines is 1. The fourth-order valence-electron chi connectivity index (χ4n) is 2.20. The largest absolute Gasteiger partial charge is 0.484 e. The number of morpholine rings is 1. The number of benzene rings is 1. The van der Waals surface area contributed by atoms with E-state index in [9.17, 15) is 9.59 Å². The minimum atomic E-state index is -0.533. The Hall–Kier alpha value is -2.28. The van der Waals surface area contributed by atoms with Crippen LogP contribution in [0.25, 0.3) is 0 Å². The molecule has 0 radical (unpaired) electrons. The molecule has 3 N–H and O–H groups in total. The molecule has 1 saturated heterocycles. The smallest absolute Gasteiger partial charge is 0.255 e. The van der Waals surface area contributed by atoms with Crippen LogP contribution in [0.3, 0.4) is 0 Å². The number of nitrogens with two attached hydrogens (primary N) is 1. The summed E-state index contributed by atoms with van der Waals surface area (Å²) < 4.78 is 10.5. The molecule has 1 aromatic rings. The number of nitrogens with zero attached hydrogens (tertiary/aromatic N) is 1. The quantitative estimate of drug-likeness (QED) is 0.783. The van der Waals surface area contributed by atoms with Crippen molar-refractivity contribution in [2.75, 3.05) is 38.2 Å². The summed E-state index contributed by atoms with van der Waals surface area (Å²) >= 11 is 0. The van der Waals surface area contributed by atoms with Crippen LogP contribution >= 0.6 is 0 Å². The lowest BCUT2D eigenvalue weighted by Crippen LogP contribution is -2.46. The van der Waals surface area contributed by atoms with Gasteiger partial charge in [-0.05, 0) is 19.1 Å². The average Bonchev–Trinajstić information content (AvgIpc) is 2.53. The van der Waals surface area contributed by atoms with E-state index < -0.39 is 5.91 Å². The Labute approximate surface area is 129 Å². The van der Waals surface area contributed by atoms with Gasteiger partial charge in [0.05, 0.1) is 13.2 Å². The molecule has 2 amide bonds. The number of amides is 2. The monoisotopic (exact) mass is 307 g/mol. The summed E-state index contributed by atoms with van der Waals surface area (Å²) in [4.78, 5) is 24.8. The third-order valence-electron chi connectivity index (χ3n) is 3.29. The molecule has 0 saturated carbocycles. The summed E-state index contributed by atoms with van der Waals surface area (Å²) in [5, 5.41) is 3.14. The summed E-state index contributed by atoms with van der Waals surface area (Å²) in [6, 6.07) is 6.71. The van der Waals surface area contributed by atoms with Gasteiger partial charge in [-0.15, -0.1) is 0 Å². The van der Waals surface area contributed by atoms with Crippen LogP contribution < -0.4 is 15.8 Å². The minimum Gasteiger partial charge on any atom is -0.484 e. The van der Waals surface area contributed by atoms with E-state index in [4.69, 9.17) is 15.2 Å². The van der Waals surface area contributed by atoms with Gasteiger partial charge in [-0.1, -0.05) is 6.07 Å². The highest BCUT2D eigenvalue weighted by Gasteiger charge is 2.22. The molecule has 0 aliphatic carbocycles. The van der Waals surface area contributed by atoms with Crippen molar-refractivity contribution in [3.8, 4) is 5.75 Å². The Balaban J connectivity index is 1.92. The molecule has 120 valence electrons. The molecule has 1 unspecified atom stereocenters. The third-order valence-corrected chi connectivity index (χ3v) is 3.29. The minimum absolute atomic E-state index is 0.0340. The van der Waals surface area contributed by atoms with Gasteiger partial charge in [0, 0.05) is 24.8 Å². The maximum Gasteiger partial charge on any atom is 0.255 e. The topological polar surface area (TPSA) is 93.9 Å². The molecular weight excluding hydrogens is 286 g/mol. The molecule has 1 atom stereocenters. The van der Waals surface area contributed by atoms with Crippen molar-refractivity contribution >= 4 is 17.5 Å². The normalized spacial score (nSPS) is 16.0. The summed E-state index contributed by atoms with van der Waals surface area (Å²) in [6.45, 7) is 4.03. The van der Waals surface area contributed by atoms with Gasteiger partial charge < -0.3 is 25.4 Å². The SMILES string of the molecule is CC(Nc1cccc(OCC(N)=O)c1)C(=O)N1CCOCC1. The fraction of sp³-hybridized carbons (Fsp3) is 0.467. The van der Waals surface area contributed by atoms with E-state index in [0.717, 1.165) is 5.69 Å². The van der Waals surface area contributed by atoms with Crippen molar-refractivity contribution < 1.29 is 19.1 Å². The molecule has 1 fully saturated rings. The maximum atomic E-state index is 12.3. The Morgan fingerprint density at radius 2 is 2.14 bits per heavy atom. The lowest BCUT2D eigenvalue weighted by atomic mass is 10.2. The van der Waals surface area contributed by atoms with E-state index in [2.05, 4.69) is 5.32 Å². The van der Waals surface area contributed by atoms with Crippen molar-refractivity contribution in [3.05, 3.63) is 24.3 Å². The van der Waals surface area contributed by atoms with Crippen LogP contribution in [0.2, 0.25) is 0 Å². The van der Waals surface area contributed by atoms with Gasteiger partial charge >= 0.3 is 0 Å². The van der Waals surface area contributed by atoms with Crippen LogP contribution in [0, 0.1) is 0 Å². The Morgan fingerprint density at radius 1 is 1.41 bits per heavy atom. The van der Waals surface area contributed by atoms with E-state index in [1.165, 1.54) is 0 Å².